The van der Waals surface area contributed by atoms with Crippen molar-refractivity contribution >= 4 is 21.6 Å². The zero-order valence-electron chi connectivity index (χ0n) is 13.0. The van der Waals surface area contributed by atoms with E-state index in [1.807, 2.05) is 36.4 Å². The van der Waals surface area contributed by atoms with Crippen LogP contribution < -0.4 is 14.8 Å². The third kappa shape index (κ3) is 3.58. The molecule has 1 atom stereocenters. The van der Waals surface area contributed by atoms with E-state index in [2.05, 4.69) is 0 Å². The minimum absolute atomic E-state index is 0.0450. The molecular weight excluding hydrogens is 328 g/mol. The Labute approximate surface area is 140 Å². The van der Waals surface area contributed by atoms with Crippen LogP contribution in [0.5, 0.6) is 5.75 Å². The van der Waals surface area contributed by atoms with Gasteiger partial charge in [-0.05, 0) is 17.7 Å². The SMILES string of the molecule is NS(=O)(=O)C1CC(=O)N(c2ccccc2OCc2ccccc2)C1. The highest BCUT2D eigenvalue weighted by atomic mass is 32.2. The molecule has 6 nitrogen and oxygen atoms in total. The summed E-state index contributed by atoms with van der Waals surface area (Å²) in [5.41, 5.74) is 1.56. The van der Waals surface area contributed by atoms with Gasteiger partial charge in [-0.1, -0.05) is 42.5 Å². The molecule has 0 spiro atoms. The summed E-state index contributed by atoms with van der Waals surface area (Å²) >= 11 is 0. The van der Waals surface area contributed by atoms with Crippen LogP contribution in [0.15, 0.2) is 54.6 Å². The molecule has 3 rings (SSSR count). The Morgan fingerprint density at radius 1 is 1.08 bits per heavy atom. The summed E-state index contributed by atoms with van der Waals surface area (Å²) in [6.45, 7) is 0.405. The minimum Gasteiger partial charge on any atom is -0.487 e. The third-order valence-electron chi connectivity index (χ3n) is 3.95. The number of hydrogen-bond acceptors (Lipinski definition) is 4. The first-order valence-electron chi connectivity index (χ1n) is 7.53. The molecule has 1 unspecified atom stereocenters. The van der Waals surface area contributed by atoms with Gasteiger partial charge in [-0.2, -0.15) is 0 Å². The summed E-state index contributed by atoms with van der Waals surface area (Å²) in [4.78, 5) is 13.6. The monoisotopic (exact) mass is 346 g/mol. The van der Waals surface area contributed by atoms with Gasteiger partial charge < -0.3 is 9.64 Å². The van der Waals surface area contributed by atoms with Crippen LogP contribution in [0.1, 0.15) is 12.0 Å². The van der Waals surface area contributed by atoms with Crippen LogP contribution in [-0.4, -0.2) is 26.1 Å². The molecule has 7 heteroatoms. The van der Waals surface area contributed by atoms with Crippen molar-refractivity contribution < 1.29 is 17.9 Å². The zero-order chi connectivity index (χ0) is 17.2. The second-order valence-electron chi connectivity index (χ2n) is 5.66. The van der Waals surface area contributed by atoms with Crippen molar-refractivity contribution in [3.8, 4) is 5.75 Å². The van der Waals surface area contributed by atoms with Gasteiger partial charge >= 0.3 is 0 Å². The quantitative estimate of drug-likeness (QED) is 0.891. The van der Waals surface area contributed by atoms with Crippen LogP contribution in [0.25, 0.3) is 0 Å². The molecular formula is C17H18N2O4S. The number of primary sulfonamides is 1. The fourth-order valence-corrected chi connectivity index (χ4v) is 3.40. The van der Waals surface area contributed by atoms with E-state index in [0.717, 1.165) is 5.56 Å². The maximum atomic E-state index is 12.2. The fourth-order valence-electron chi connectivity index (χ4n) is 2.67. The molecule has 1 saturated heterocycles. The number of nitrogens with zero attached hydrogens (tertiary/aromatic N) is 1. The number of carbonyl (C=O) groups is 1. The van der Waals surface area contributed by atoms with Crippen molar-refractivity contribution in [1.29, 1.82) is 0 Å². The molecule has 1 aliphatic heterocycles. The molecule has 0 aromatic heterocycles. The van der Waals surface area contributed by atoms with Crippen molar-refractivity contribution in [3.63, 3.8) is 0 Å². The highest BCUT2D eigenvalue weighted by molar-refractivity contribution is 7.89. The first-order valence-corrected chi connectivity index (χ1v) is 9.14. The smallest absolute Gasteiger partial charge is 0.228 e. The summed E-state index contributed by atoms with van der Waals surface area (Å²) in [5.74, 6) is 0.259. The van der Waals surface area contributed by atoms with Crippen LogP contribution in [0, 0.1) is 0 Å². The number of anilines is 1. The molecule has 1 heterocycles. The predicted octanol–water partition coefficient (Wildman–Crippen LogP) is 1.66. The number of nitrogens with two attached hydrogens (primary N) is 1. The summed E-state index contributed by atoms with van der Waals surface area (Å²) < 4.78 is 28.9. The maximum Gasteiger partial charge on any atom is 0.228 e. The molecule has 24 heavy (non-hydrogen) atoms. The van der Waals surface area contributed by atoms with Crippen molar-refractivity contribution in [2.45, 2.75) is 18.3 Å². The molecule has 1 aliphatic rings. The topological polar surface area (TPSA) is 89.7 Å². The molecule has 1 fully saturated rings. The third-order valence-corrected chi connectivity index (χ3v) is 5.19. The van der Waals surface area contributed by atoms with Crippen LogP contribution >= 0.6 is 0 Å². The lowest BCUT2D eigenvalue weighted by Crippen LogP contribution is -2.32. The van der Waals surface area contributed by atoms with Crippen molar-refractivity contribution in [2.24, 2.45) is 5.14 Å². The Morgan fingerprint density at radius 2 is 1.75 bits per heavy atom. The predicted molar refractivity (Wildman–Crippen MR) is 91.1 cm³/mol. The van der Waals surface area contributed by atoms with E-state index in [9.17, 15) is 13.2 Å². The van der Waals surface area contributed by atoms with Gasteiger partial charge in [0.1, 0.15) is 17.6 Å². The van der Waals surface area contributed by atoms with E-state index in [0.29, 0.717) is 18.0 Å². The Hall–Kier alpha value is -2.38. The number of benzene rings is 2. The van der Waals surface area contributed by atoms with Gasteiger partial charge in [0.05, 0.1) is 5.69 Å². The number of sulfonamides is 1. The van der Waals surface area contributed by atoms with Crippen LogP contribution in [-0.2, 0) is 21.4 Å². The molecule has 0 aliphatic carbocycles. The summed E-state index contributed by atoms with van der Waals surface area (Å²) in [6.07, 6.45) is -0.105. The van der Waals surface area contributed by atoms with Crippen molar-refractivity contribution in [2.75, 3.05) is 11.4 Å². The van der Waals surface area contributed by atoms with Gasteiger partial charge in [-0.3, -0.25) is 4.79 Å². The molecule has 0 saturated carbocycles. The van der Waals surface area contributed by atoms with E-state index in [1.165, 1.54) is 4.90 Å². The van der Waals surface area contributed by atoms with E-state index in [-0.39, 0.29) is 18.9 Å². The average Bonchev–Trinajstić information content (AvgIpc) is 2.96. The largest absolute Gasteiger partial charge is 0.487 e. The molecule has 2 aromatic rings. The van der Waals surface area contributed by atoms with E-state index >= 15 is 0 Å². The van der Waals surface area contributed by atoms with Crippen molar-refractivity contribution in [1.82, 2.24) is 0 Å². The zero-order valence-corrected chi connectivity index (χ0v) is 13.8. The number of ether oxygens (including phenoxy) is 1. The minimum atomic E-state index is -3.75. The maximum absolute atomic E-state index is 12.2. The number of hydrogen-bond donors (Lipinski definition) is 1. The van der Waals surface area contributed by atoms with E-state index in [4.69, 9.17) is 9.88 Å². The standard InChI is InChI=1S/C17H18N2O4S/c18-24(21,22)14-10-17(20)19(11-14)15-8-4-5-9-16(15)23-12-13-6-2-1-3-7-13/h1-9,14H,10-12H2,(H2,18,21,22). The number of carbonyl (C=O) groups excluding carboxylic acids is 1. The Morgan fingerprint density at radius 3 is 2.42 bits per heavy atom. The Bertz CT molecular complexity index is 837. The molecule has 2 aromatic carbocycles. The highest BCUT2D eigenvalue weighted by Crippen LogP contribution is 2.33. The lowest BCUT2D eigenvalue weighted by Gasteiger charge is -2.20. The van der Waals surface area contributed by atoms with Gasteiger partial charge in [0.15, 0.2) is 0 Å². The van der Waals surface area contributed by atoms with Gasteiger partial charge in [0, 0.05) is 13.0 Å². The molecule has 2 N–H and O–H groups in total. The van der Waals surface area contributed by atoms with Gasteiger partial charge in [-0.25, -0.2) is 13.6 Å². The molecule has 126 valence electrons. The number of amides is 1. The average molecular weight is 346 g/mol. The van der Waals surface area contributed by atoms with E-state index < -0.39 is 15.3 Å². The molecule has 0 radical (unpaired) electrons. The summed E-state index contributed by atoms with van der Waals surface area (Å²) in [6, 6.07) is 16.7. The first-order chi connectivity index (χ1) is 11.4. The second kappa shape index (κ2) is 6.62. The highest BCUT2D eigenvalue weighted by Gasteiger charge is 2.38. The van der Waals surface area contributed by atoms with Crippen LogP contribution in [0.4, 0.5) is 5.69 Å². The molecule has 0 bridgehead atoms. The lowest BCUT2D eigenvalue weighted by molar-refractivity contribution is -0.117. The summed E-state index contributed by atoms with van der Waals surface area (Å²) in [5, 5.41) is 4.30. The van der Waals surface area contributed by atoms with Gasteiger partial charge in [0.2, 0.25) is 15.9 Å². The van der Waals surface area contributed by atoms with Crippen LogP contribution in [0.2, 0.25) is 0 Å². The first kappa shape index (κ1) is 16.5. The second-order valence-corrected chi connectivity index (χ2v) is 7.51. The lowest BCUT2D eigenvalue weighted by atomic mass is 10.2. The van der Waals surface area contributed by atoms with Crippen LogP contribution in [0.3, 0.4) is 0 Å². The number of para-hydroxylation sites is 2. The summed E-state index contributed by atoms with van der Waals surface area (Å²) in [7, 11) is -3.75. The van der Waals surface area contributed by atoms with Gasteiger partial charge in [0.25, 0.3) is 0 Å². The number of rotatable bonds is 5. The van der Waals surface area contributed by atoms with Gasteiger partial charge in [-0.15, -0.1) is 0 Å². The van der Waals surface area contributed by atoms with Crippen molar-refractivity contribution in [3.05, 3.63) is 60.2 Å². The van der Waals surface area contributed by atoms with E-state index in [1.54, 1.807) is 18.2 Å². The Kier molecular flexibility index (Phi) is 4.55. The fraction of sp³-hybridized carbons (Fsp3) is 0.235. The molecule has 1 amide bonds. The Balaban J connectivity index is 1.80. The normalized spacial score (nSPS) is 18.0.